The lowest BCUT2D eigenvalue weighted by Crippen LogP contribution is -2.41. The average molecular weight is 731 g/mol. The van der Waals surface area contributed by atoms with Crippen LogP contribution in [0.25, 0.3) is 0 Å². The third-order valence-electron chi connectivity index (χ3n) is 6.10. The largest absolute Gasteiger partial charge is 0.475 e. The highest BCUT2D eigenvalue weighted by Crippen LogP contribution is 2.34. The van der Waals surface area contributed by atoms with Gasteiger partial charge in [-0.25, -0.2) is 15.0 Å². The minimum atomic E-state index is -4.27. The van der Waals surface area contributed by atoms with Crippen molar-refractivity contribution in [3.63, 3.8) is 0 Å². The van der Waals surface area contributed by atoms with Crippen molar-refractivity contribution < 1.29 is 40.2 Å². The highest BCUT2D eigenvalue weighted by molar-refractivity contribution is 8.01. The molecule has 46 heavy (non-hydrogen) atoms. The van der Waals surface area contributed by atoms with Crippen molar-refractivity contribution in [3.05, 3.63) is 0 Å². The lowest BCUT2D eigenvalue weighted by atomic mass is 9.83. The van der Waals surface area contributed by atoms with Crippen molar-refractivity contribution in [2.24, 2.45) is 31.8 Å². The van der Waals surface area contributed by atoms with Gasteiger partial charge in [0.1, 0.15) is 22.8 Å². The van der Waals surface area contributed by atoms with Gasteiger partial charge in [-0.1, -0.05) is 13.8 Å². The van der Waals surface area contributed by atoms with Gasteiger partial charge in [-0.05, 0) is 61.3 Å². The molecule has 0 aliphatic rings. The third kappa shape index (κ3) is 18.7. The van der Waals surface area contributed by atoms with Gasteiger partial charge in [0, 0.05) is 50.1 Å². The van der Waals surface area contributed by atoms with E-state index < -0.39 is 65.3 Å². The zero-order valence-corrected chi connectivity index (χ0v) is 32.5. The van der Waals surface area contributed by atoms with Crippen molar-refractivity contribution in [1.82, 2.24) is 0 Å². The normalized spacial score (nSPS) is 17.3. The van der Waals surface area contributed by atoms with Crippen LogP contribution in [0, 0.1) is 11.8 Å². The SMILES string of the molecule is CCC(C(=O)C(CC)C(SCCS(=O)(=O)O)C(N=C(C)OC(C)(C)C)=NC)C(SCCS(=O)(=O)O)C(C)=NC(=NC)OC(C)(C)C. The molecule has 2 N–H and O–H groups in total. The number of thioether (sulfide) groups is 2. The van der Waals surface area contributed by atoms with Gasteiger partial charge in [0.2, 0.25) is 0 Å². The van der Waals surface area contributed by atoms with Crippen LogP contribution in [0.1, 0.15) is 82.1 Å². The maximum absolute atomic E-state index is 14.5. The van der Waals surface area contributed by atoms with E-state index in [0.717, 1.165) is 11.8 Å². The van der Waals surface area contributed by atoms with Gasteiger partial charge in [-0.2, -0.15) is 28.6 Å². The minimum absolute atomic E-state index is 0.00248. The van der Waals surface area contributed by atoms with Gasteiger partial charge in [0.15, 0.2) is 5.90 Å². The summed E-state index contributed by atoms with van der Waals surface area (Å²) in [6, 6.07) is 0.0995. The quantitative estimate of drug-likeness (QED) is 0.122. The number of amidine groups is 2. The number of carbonyl (C=O) groups is 1. The second-order valence-electron chi connectivity index (χ2n) is 12.5. The van der Waals surface area contributed by atoms with E-state index in [4.69, 9.17) is 9.47 Å². The standard InChI is InChI=1S/C29H54N4O9S4/c1-13-21(24(43-15-17-45(35,36)37)19(3)32-27(31-12)42-29(8,9)10)23(34)22(14-2)25(44-16-18-46(38,39)40)26(30-11)33-20(4)41-28(5,6)7/h21-22,24-25H,13-18H2,1-12H3,(H,35,36,37)(H,38,39,40). The molecule has 0 heterocycles. The highest BCUT2D eigenvalue weighted by Gasteiger charge is 2.39. The number of ether oxygens (including phenoxy) is 2. The Balaban J connectivity index is 6.96. The molecule has 4 unspecified atom stereocenters. The lowest BCUT2D eigenvalue weighted by molar-refractivity contribution is -0.126. The predicted octanol–water partition coefficient (Wildman–Crippen LogP) is 5.11. The van der Waals surface area contributed by atoms with Gasteiger partial charge in [0.05, 0.1) is 22.0 Å². The molecule has 0 amide bonds. The van der Waals surface area contributed by atoms with Gasteiger partial charge < -0.3 is 9.47 Å². The van der Waals surface area contributed by atoms with Gasteiger partial charge in [-0.3, -0.25) is 18.9 Å². The zero-order valence-electron chi connectivity index (χ0n) is 29.2. The van der Waals surface area contributed by atoms with Crippen molar-refractivity contribution in [2.45, 2.75) is 104 Å². The van der Waals surface area contributed by atoms with Crippen LogP contribution >= 0.6 is 23.5 Å². The molecule has 0 rings (SSSR count). The molecule has 4 atom stereocenters. The van der Waals surface area contributed by atoms with E-state index in [0.29, 0.717) is 24.5 Å². The molecule has 0 aromatic rings. The second kappa shape index (κ2) is 19.5. The first-order chi connectivity index (χ1) is 20.9. The molecule has 268 valence electrons. The number of rotatable bonds is 16. The Hall–Kier alpha value is -1.53. The first kappa shape index (κ1) is 44.5. The van der Waals surface area contributed by atoms with Crippen molar-refractivity contribution in [2.75, 3.05) is 37.1 Å². The van der Waals surface area contributed by atoms with Crippen molar-refractivity contribution >= 4 is 73.0 Å². The fourth-order valence-corrected chi connectivity index (χ4v) is 9.02. The first-order valence-electron chi connectivity index (χ1n) is 15.0. The first-order valence-corrected chi connectivity index (χ1v) is 20.3. The number of hydrogen-bond acceptors (Lipinski definition) is 11. The summed E-state index contributed by atoms with van der Waals surface area (Å²) < 4.78 is 76.7. The fourth-order valence-electron chi connectivity index (χ4n) is 4.34. The van der Waals surface area contributed by atoms with Crippen LogP contribution in [0.4, 0.5) is 0 Å². The van der Waals surface area contributed by atoms with Crippen LogP contribution in [0.5, 0.6) is 0 Å². The Kier molecular flexibility index (Phi) is 18.8. The Morgan fingerprint density at radius 2 is 1.17 bits per heavy atom. The highest BCUT2D eigenvalue weighted by atomic mass is 32.2. The molecule has 0 aromatic heterocycles. The summed E-state index contributed by atoms with van der Waals surface area (Å²) in [7, 11) is -5.47. The summed E-state index contributed by atoms with van der Waals surface area (Å²) in [4.78, 5) is 32.2. The number of nitrogens with zero attached hydrogens (tertiary/aromatic N) is 4. The molecular weight excluding hydrogens is 677 g/mol. The van der Waals surface area contributed by atoms with E-state index in [2.05, 4.69) is 20.0 Å². The molecule has 0 saturated heterocycles. The molecule has 0 radical (unpaired) electrons. The lowest BCUT2D eigenvalue weighted by Gasteiger charge is -2.32. The number of aliphatic imine (C=N–C) groups is 4. The van der Waals surface area contributed by atoms with Crippen LogP contribution in [0.15, 0.2) is 20.0 Å². The Labute approximate surface area is 284 Å². The Bertz CT molecular complexity index is 1330. The number of ketones is 1. The summed E-state index contributed by atoms with van der Waals surface area (Å²) >= 11 is 2.33. The van der Waals surface area contributed by atoms with E-state index >= 15 is 0 Å². The predicted molar refractivity (Wildman–Crippen MR) is 193 cm³/mol. The van der Waals surface area contributed by atoms with Gasteiger partial charge in [-0.15, -0.1) is 11.8 Å². The summed E-state index contributed by atoms with van der Waals surface area (Å²) in [6.07, 6.45) is 0.709. The molecule has 0 aromatic carbocycles. The molecule has 17 heteroatoms. The van der Waals surface area contributed by atoms with E-state index in [9.17, 15) is 30.7 Å². The minimum Gasteiger partial charge on any atom is -0.475 e. The third-order valence-corrected chi connectivity index (χ3v) is 10.9. The second-order valence-corrected chi connectivity index (χ2v) is 18.1. The summed E-state index contributed by atoms with van der Waals surface area (Å²) in [5.74, 6) is -2.03. The van der Waals surface area contributed by atoms with Crippen molar-refractivity contribution in [1.29, 1.82) is 0 Å². The maximum atomic E-state index is 14.5. The Morgan fingerprint density at radius 3 is 1.54 bits per heavy atom. The molecule has 0 aliphatic heterocycles. The van der Waals surface area contributed by atoms with Gasteiger partial charge in [0.25, 0.3) is 20.2 Å². The topological polar surface area (TPSA) is 194 Å². The van der Waals surface area contributed by atoms with Crippen LogP contribution in [0.3, 0.4) is 0 Å². The summed E-state index contributed by atoms with van der Waals surface area (Å²) in [6.45, 7) is 18.2. The summed E-state index contributed by atoms with van der Waals surface area (Å²) in [5.41, 5.74) is -0.668. The summed E-state index contributed by atoms with van der Waals surface area (Å²) in [5, 5.41) is -1.32. The van der Waals surface area contributed by atoms with E-state index in [-0.39, 0.29) is 29.1 Å². The molecule has 0 saturated carbocycles. The van der Waals surface area contributed by atoms with Crippen LogP contribution in [-0.4, -0.2) is 114 Å². The van der Waals surface area contributed by atoms with Crippen molar-refractivity contribution in [3.8, 4) is 0 Å². The smallest absolute Gasteiger partial charge is 0.311 e. The number of Topliss-reactive ketones (excluding diaryl/α,β-unsaturated/α-hetero) is 1. The Morgan fingerprint density at radius 1 is 0.739 bits per heavy atom. The van der Waals surface area contributed by atoms with Gasteiger partial charge >= 0.3 is 6.02 Å². The average Bonchev–Trinajstić information content (AvgIpc) is 2.87. The molecule has 0 spiro atoms. The monoisotopic (exact) mass is 730 g/mol. The fraction of sp³-hybridized carbons (Fsp3) is 0.828. The van der Waals surface area contributed by atoms with E-state index in [1.807, 2.05) is 55.4 Å². The van der Waals surface area contributed by atoms with Crippen LogP contribution in [-0.2, 0) is 34.5 Å². The van der Waals surface area contributed by atoms with Crippen LogP contribution in [0.2, 0.25) is 0 Å². The molecule has 13 nitrogen and oxygen atoms in total. The molecule has 0 bridgehead atoms. The van der Waals surface area contributed by atoms with Crippen LogP contribution < -0.4 is 0 Å². The molecule has 0 aliphatic carbocycles. The molecular formula is C29H54N4O9S4. The number of carbonyl (C=O) groups excluding carboxylic acids is 1. The number of hydrogen-bond donors (Lipinski definition) is 2. The maximum Gasteiger partial charge on any atom is 0.311 e. The zero-order chi connectivity index (χ0) is 36.1. The van der Waals surface area contributed by atoms with E-state index in [1.165, 1.54) is 25.9 Å². The molecule has 0 fully saturated rings. The van der Waals surface area contributed by atoms with E-state index in [1.54, 1.807) is 13.8 Å².